The van der Waals surface area contributed by atoms with Crippen LogP contribution in [0.25, 0.3) is 0 Å². The van der Waals surface area contributed by atoms with Crippen LogP contribution in [0.4, 0.5) is 18.9 Å². The van der Waals surface area contributed by atoms with Gasteiger partial charge in [-0.3, -0.25) is 9.59 Å². The van der Waals surface area contributed by atoms with Gasteiger partial charge < -0.3 is 19.9 Å². The SMILES string of the molecule is COCCC(=O)N1CC(C(=O)NC2CC2)C2(CCN(c3ccc(C#N)c(C(F)(F)F)c3)CC2)C1. The summed E-state index contributed by atoms with van der Waals surface area (Å²) < 4.78 is 45.3. The second-order valence-corrected chi connectivity index (χ2v) is 9.54. The number of nitriles is 1. The van der Waals surface area contributed by atoms with Crippen molar-refractivity contribution < 1.29 is 27.5 Å². The normalized spacial score (nSPS) is 22.0. The summed E-state index contributed by atoms with van der Waals surface area (Å²) in [5.41, 5.74) is -1.34. The van der Waals surface area contributed by atoms with Crippen LogP contribution in [0.15, 0.2) is 18.2 Å². The van der Waals surface area contributed by atoms with Crippen LogP contribution in [0.5, 0.6) is 0 Å². The van der Waals surface area contributed by atoms with Crippen LogP contribution in [-0.2, 0) is 20.5 Å². The maximum Gasteiger partial charge on any atom is 0.417 e. The van der Waals surface area contributed by atoms with Crippen LogP contribution >= 0.6 is 0 Å². The summed E-state index contributed by atoms with van der Waals surface area (Å²) in [6, 6.07) is 5.60. The molecule has 7 nitrogen and oxygen atoms in total. The predicted molar refractivity (Wildman–Crippen MR) is 118 cm³/mol. The first-order valence-corrected chi connectivity index (χ1v) is 11.6. The number of likely N-dealkylation sites (tertiary alicyclic amines) is 1. The fraction of sp³-hybridized carbons (Fsp3) is 0.625. The number of hydrogen-bond acceptors (Lipinski definition) is 5. The largest absolute Gasteiger partial charge is 0.417 e. The Morgan fingerprint density at radius 2 is 1.97 bits per heavy atom. The molecule has 1 atom stereocenters. The Hall–Kier alpha value is -2.80. The Morgan fingerprint density at radius 3 is 2.56 bits per heavy atom. The average Bonchev–Trinajstić information content (AvgIpc) is 3.55. The molecule has 0 bridgehead atoms. The molecule has 3 fully saturated rings. The highest BCUT2D eigenvalue weighted by atomic mass is 19.4. The minimum atomic E-state index is -4.61. The van der Waals surface area contributed by atoms with Crippen molar-refractivity contribution in [3.63, 3.8) is 0 Å². The van der Waals surface area contributed by atoms with Crippen molar-refractivity contribution in [2.45, 2.75) is 44.3 Å². The fourth-order valence-corrected chi connectivity index (χ4v) is 5.17. The molecular formula is C24H29F3N4O3. The number of nitrogens with zero attached hydrogens (tertiary/aromatic N) is 3. The average molecular weight is 479 g/mol. The number of rotatable bonds is 6. The highest BCUT2D eigenvalue weighted by molar-refractivity contribution is 5.83. The lowest BCUT2D eigenvalue weighted by molar-refractivity contribution is -0.138. The molecule has 1 aliphatic carbocycles. The Morgan fingerprint density at radius 1 is 1.26 bits per heavy atom. The van der Waals surface area contributed by atoms with Crippen LogP contribution in [0, 0.1) is 22.7 Å². The zero-order valence-electron chi connectivity index (χ0n) is 19.2. The summed E-state index contributed by atoms with van der Waals surface area (Å²) in [6.45, 7) is 2.08. The molecule has 1 N–H and O–H groups in total. The van der Waals surface area contributed by atoms with Crippen LogP contribution in [0.3, 0.4) is 0 Å². The van der Waals surface area contributed by atoms with Gasteiger partial charge in [0.15, 0.2) is 0 Å². The maximum absolute atomic E-state index is 13.4. The number of amides is 2. The molecule has 1 aromatic rings. The highest BCUT2D eigenvalue weighted by Crippen LogP contribution is 2.46. The van der Waals surface area contributed by atoms with Crippen LogP contribution < -0.4 is 10.2 Å². The van der Waals surface area contributed by atoms with Gasteiger partial charge in [0, 0.05) is 50.4 Å². The zero-order chi connectivity index (χ0) is 24.5. The summed E-state index contributed by atoms with van der Waals surface area (Å²) in [4.78, 5) is 29.4. The van der Waals surface area contributed by atoms with E-state index in [9.17, 15) is 22.8 Å². The minimum Gasteiger partial charge on any atom is -0.384 e. The third-order valence-electron chi connectivity index (χ3n) is 7.31. The molecule has 1 unspecified atom stereocenters. The molecule has 4 rings (SSSR count). The monoisotopic (exact) mass is 478 g/mol. The topological polar surface area (TPSA) is 85.7 Å². The van der Waals surface area contributed by atoms with E-state index in [-0.39, 0.29) is 30.2 Å². The Balaban J connectivity index is 1.51. The lowest BCUT2D eigenvalue weighted by Gasteiger charge is -2.43. The summed E-state index contributed by atoms with van der Waals surface area (Å²) >= 11 is 0. The number of nitrogens with one attached hydrogen (secondary N) is 1. The molecule has 1 spiro atoms. The van der Waals surface area contributed by atoms with E-state index in [4.69, 9.17) is 10.00 Å². The zero-order valence-corrected chi connectivity index (χ0v) is 19.2. The van der Waals surface area contributed by atoms with E-state index >= 15 is 0 Å². The number of alkyl halides is 3. The lowest BCUT2D eigenvalue weighted by atomic mass is 9.70. The van der Waals surface area contributed by atoms with Gasteiger partial charge in [0.1, 0.15) is 0 Å². The van der Waals surface area contributed by atoms with E-state index in [1.54, 1.807) is 11.0 Å². The summed E-state index contributed by atoms with van der Waals surface area (Å²) in [6.07, 6.45) is -1.25. The van der Waals surface area contributed by atoms with Crippen molar-refractivity contribution in [1.29, 1.82) is 5.26 Å². The quantitative estimate of drug-likeness (QED) is 0.680. The van der Waals surface area contributed by atoms with Gasteiger partial charge >= 0.3 is 6.18 Å². The lowest BCUT2D eigenvalue weighted by Crippen LogP contribution is -2.49. The smallest absolute Gasteiger partial charge is 0.384 e. The molecule has 0 radical (unpaired) electrons. The second kappa shape index (κ2) is 9.45. The number of methoxy groups -OCH3 is 1. The van der Waals surface area contributed by atoms with Crippen molar-refractivity contribution in [1.82, 2.24) is 10.2 Å². The number of benzene rings is 1. The van der Waals surface area contributed by atoms with Gasteiger partial charge in [-0.15, -0.1) is 0 Å². The number of hydrogen-bond donors (Lipinski definition) is 1. The molecule has 2 aliphatic heterocycles. The molecule has 2 amide bonds. The van der Waals surface area contributed by atoms with Crippen molar-refractivity contribution in [2.24, 2.45) is 11.3 Å². The molecule has 2 saturated heterocycles. The van der Waals surface area contributed by atoms with E-state index in [0.29, 0.717) is 51.3 Å². The van der Waals surface area contributed by atoms with Crippen LogP contribution in [-0.4, -0.2) is 62.7 Å². The van der Waals surface area contributed by atoms with E-state index in [1.807, 2.05) is 4.90 Å². The minimum absolute atomic E-state index is 0.0317. The van der Waals surface area contributed by atoms with Crippen molar-refractivity contribution in [3.8, 4) is 6.07 Å². The molecule has 10 heteroatoms. The Labute approximate surface area is 196 Å². The predicted octanol–water partition coefficient (Wildman–Crippen LogP) is 2.94. The number of ether oxygens (including phenoxy) is 1. The first kappa shape index (κ1) is 24.3. The molecular weight excluding hydrogens is 449 g/mol. The standard InChI is InChI=1S/C24H29F3N4O3/c1-34-11-6-21(32)31-14-20(22(33)29-17-3-4-17)23(15-31)7-9-30(10-8-23)18-5-2-16(13-28)19(12-18)24(25,26)27/h2,5,12,17,20H,3-4,6-11,14-15H2,1H3,(H,29,33). The Kier molecular flexibility index (Phi) is 6.76. The maximum atomic E-state index is 13.4. The molecule has 1 aromatic carbocycles. The summed E-state index contributed by atoms with van der Waals surface area (Å²) in [5, 5.41) is 12.1. The van der Waals surface area contributed by atoms with Gasteiger partial charge in [-0.2, -0.15) is 18.4 Å². The third-order valence-corrected chi connectivity index (χ3v) is 7.31. The second-order valence-electron chi connectivity index (χ2n) is 9.54. The van der Waals surface area contributed by atoms with Crippen molar-refractivity contribution in [2.75, 3.05) is 44.8 Å². The van der Waals surface area contributed by atoms with Gasteiger partial charge in [-0.1, -0.05) is 0 Å². The highest BCUT2D eigenvalue weighted by Gasteiger charge is 2.52. The van der Waals surface area contributed by atoms with Gasteiger partial charge in [0.25, 0.3) is 0 Å². The van der Waals surface area contributed by atoms with Crippen molar-refractivity contribution >= 4 is 17.5 Å². The molecule has 3 aliphatic rings. The fourth-order valence-electron chi connectivity index (χ4n) is 5.17. The first-order chi connectivity index (χ1) is 16.2. The van der Waals surface area contributed by atoms with E-state index in [0.717, 1.165) is 18.9 Å². The van der Waals surface area contributed by atoms with Crippen molar-refractivity contribution in [3.05, 3.63) is 29.3 Å². The third kappa shape index (κ3) is 4.99. The van der Waals surface area contributed by atoms with E-state index in [2.05, 4.69) is 5.32 Å². The molecule has 1 saturated carbocycles. The first-order valence-electron chi connectivity index (χ1n) is 11.6. The number of carbonyl (C=O) groups is 2. The van der Waals surface area contributed by atoms with Gasteiger partial charge in [-0.05, 0) is 43.9 Å². The van der Waals surface area contributed by atoms with Gasteiger partial charge in [-0.25, -0.2) is 0 Å². The molecule has 0 aromatic heterocycles. The van der Waals surface area contributed by atoms with Crippen LogP contribution in [0.1, 0.15) is 43.2 Å². The van der Waals surface area contributed by atoms with Crippen LogP contribution in [0.2, 0.25) is 0 Å². The summed E-state index contributed by atoms with van der Waals surface area (Å²) in [7, 11) is 1.54. The number of piperidine rings is 1. The van der Waals surface area contributed by atoms with Gasteiger partial charge in [0.05, 0.1) is 36.1 Å². The molecule has 184 valence electrons. The Bertz CT molecular complexity index is 979. The van der Waals surface area contributed by atoms with E-state index < -0.39 is 22.7 Å². The summed E-state index contributed by atoms with van der Waals surface area (Å²) in [5.74, 6) is -0.420. The number of anilines is 1. The number of carbonyl (C=O) groups excluding carboxylic acids is 2. The number of halogens is 3. The van der Waals surface area contributed by atoms with E-state index in [1.165, 1.54) is 19.2 Å². The molecule has 34 heavy (non-hydrogen) atoms. The molecule has 2 heterocycles. The van der Waals surface area contributed by atoms with Gasteiger partial charge in [0.2, 0.25) is 11.8 Å².